The number of carboxylic acids is 1. The van der Waals surface area contributed by atoms with Crippen LogP contribution in [0, 0.1) is 22.7 Å². The molecule has 140 heavy (non-hydrogen) atoms. The summed E-state index contributed by atoms with van der Waals surface area (Å²) in [6, 6.07) is 52.3. The molecule has 2 aromatic heterocycles. The van der Waals surface area contributed by atoms with Crippen molar-refractivity contribution in [1.29, 1.82) is 10.5 Å². The molecule has 0 spiro atoms. The van der Waals surface area contributed by atoms with Crippen molar-refractivity contribution in [2.24, 2.45) is 0 Å². The molecule has 41 heteroatoms. The molecule has 9 unspecified atom stereocenters. The van der Waals surface area contributed by atoms with Gasteiger partial charge in [-0.05, 0) is 120 Å². The first-order chi connectivity index (χ1) is 65.9. The molecule has 17 rings (SSSR count). The first kappa shape index (κ1) is 114. The first-order valence-corrected chi connectivity index (χ1v) is 57.0. The number of aromatic nitrogens is 2. The molecule has 4 bridgehead atoms. The fourth-order valence-electron chi connectivity index (χ4n) is 15.8. The number of fused-ring (bicyclic) bond motifs is 4. The number of esters is 3. The minimum Gasteiger partial charge on any atom is -0.481 e. The van der Waals surface area contributed by atoms with E-state index >= 15 is 0 Å². The van der Waals surface area contributed by atoms with Gasteiger partial charge in [0.15, 0.2) is 29.5 Å². The van der Waals surface area contributed by atoms with Gasteiger partial charge in [0, 0.05) is 135 Å². The number of nitrogens with zero attached hydrogens (tertiary/aromatic N) is 7. The summed E-state index contributed by atoms with van der Waals surface area (Å²) >= 11 is 11.9. The molecule has 1 amide bonds. The molecule has 6 heterocycles. The third-order valence-electron chi connectivity index (χ3n) is 23.5. The van der Waals surface area contributed by atoms with Crippen molar-refractivity contribution in [2.45, 2.75) is 219 Å². The molecule has 2 N–H and O–H groups in total. The number of halogens is 12. The van der Waals surface area contributed by atoms with Gasteiger partial charge in [-0.1, -0.05) is 180 Å². The van der Waals surface area contributed by atoms with Crippen molar-refractivity contribution in [2.75, 3.05) is 86.1 Å². The minimum absolute atomic E-state index is 0.00435. The van der Waals surface area contributed by atoms with E-state index in [4.69, 9.17) is 15.6 Å². The summed E-state index contributed by atoms with van der Waals surface area (Å²) in [6.07, 6.45) is 7.86. The lowest BCUT2D eigenvalue weighted by Gasteiger charge is -2.41. The van der Waals surface area contributed by atoms with Crippen LogP contribution in [0.15, 0.2) is 217 Å². The quantitative estimate of drug-likeness (QED) is 0.0113. The maximum atomic E-state index is 13.6. The van der Waals surface area contributed by atoms with Gasteiger partial charge >= 0.3 is 23.9 Å². The van der Waals surface area contributed by atoms with Crippen LogP contribution in [0.5, 0.6) is 0 Å². The summed E-state index contributed by atoms with van der Waals surface area (Å²) in [5.74, 6) is -19.2. The molecule has 4 aliphatic heterocycles. The van der Waals surface area contributed by atoms with Gasteiger partial charge in [0.2, 0.25) is 5.91 Å². The molecular weight excluding hydrogens is 2080 g/mol. The molecule has 6 aromatic carbocycles. The lowest BCUT2D eigenvalue weighted by Crippen LogP contribution is -2.55. The van der Waals surface area contributed by atoms with Gasteiger partial charge in [-0.2, -0.15) is 23.2 Å². The summed E-state index contributed by atoms with van der Waals surface area (Å²) < 4.78 is 220. The third kappa shape index (κ3) is 33.2. The lowest BCUT2D eigenvalue weighted by molar-refractivity contribution is -0.141. The maximum absolute atomic E-state index is 13.6. The zero-order chi connectivity index (χ0) is 103. The van der Waals surface area contributed by atoms with Gasteiger partial charge in [-0.3, -0.25) is 24.0 Å². The monoisotopic (exact) mass is 2190 g/mol. The zero-order valence-electron chi connectivity index (χ0n) is 78.0. The van der Waals surface area contributed by atoms with Gasteiger partial charge < -0.3 is 39.3 Å². The number of pyridine rings is 2. The second-order valence-corrected chi connectivity index (χ2v) is 51.5. The number of sulfone groups is 3. The standard InChI is InChI=1S/C24H24F2N4O3S.C13H14F2O4S.C13H14F2O2S.C12H12F2O4S.C12H14N4.C9H7BrF2.C8H7Br.C4H8O2S.C4H12Si/c25-24(26)11-20(24)19-3-1-2-4-21(19)34(32,33)10-9-23(31)29-14-17-6-7-18(15-29)30(17)22-8-5-16(12-27)13-28-22;1-19-12(16)6-7-20(17,18)11-5-3-2-4-9(11)10-8-13(10,14)15;1-17-12(16)6-7-18-11-5-3-2-4-9(11)10-8-13(10,14)15;13-12(14)7-9(12)8-3-1-2-4-10(8)19(17,18)6-5-11(15)16;13-5-9-1-4-12(15-6-9)16-10-2-3-11(16)8-14-7-10;10-8-4-2-1-3-6(8)7-5-9(7,11)12;1-2-7-5-3-4-6-8(7)9;1-6-4(5)2-3-7;1-5(2,3)4/h1-5,8,13,17-18,20H,6-7,9-11,14-15H2;2-5,10H,6-8H2,1H3;2-5,10H,6-8H2,1H3;1-4,9H,5-7H2,(H,15,16);1,4,6,10-11,14H,2-3,7-8H2;1-4,7H,5H2;2-6H,1H2;7H,2-3H2,1H3;1-4H3. The lowest BCUT2D eigenvalue weighted by atomic mass is 10.1. The summed E-state index contributed by atoms with van der Waals surface area (Å²) in [7, 11) is -8.27. The number of thioether (sulfide) groups is 1. The molecule has 5 aliphatic carbocycles. The number of aliphatic carboxylic acids is 1. The van der Waals surface area contributed by atoms with Gasteiger partial charge in [0.05, 0.1) is 120 Å². The highest BCUT2D eigenvalue weighted by Gasteiger charge is 2.62. The van der Waals surface area contributed by atoms with Gasteiger partial charge in [0.25, 0.3) is 29.6 Å². The first-order valence-electron chi connectivity index (χ1n) is 44.9. The smallest absolute Gasteiger partial charge is 0.306 e. The number of ether oxygens (including phenoxy) is 3. The van der Waals surface area contributed by atoms with E-state index < -0.39 is 132 Å². The number of likely N-dealkylation sites (tertiary alicyclic amines) is 1. The third-order valence-corrected chi connectivity index (χ3v) is 31.6. The number of amides is 1. The molecule has 0 radical (unpaired) electrons. The van der Waals surface area contributed by atoms with Crippen molar-refractivity contribution < 1.29 is 112 Å². The van der Waals surface area contributed by atoms with Gasteiger partial charge in [-0.25, -0.2) is 79.1 Å². The van der Waals surface area contributed by atoms with E-state index in [0.29, 0.717) is 59.8 Å². The fraction of sp³-hybridized carbons (Fsp3) is 0.444. The van der Waals surface area contributed by atoms with Crippen LogP contribution < -0.4 is 15.1 Å². The summed E-state index contributed by atoms with van der Waals surface area (Å²) in [5, 5.41) is 29.7. The summed E-state index contributed by atoms with van der Waals surface area (Å²) in [5.41, 5.74) is 4.02. The Kier molecular flexibility index (Phi) is 40.7. The van der Waals surface area contributed by atoms with E-state index in [2.05, 4.69) is 129 Å². The second kappa shape index (κ2) is 50.0. The number of methoxy groups -OCH3 is 3. The number of carboxylic acid groups (broad SMARTS) is 1. The van der Waals surface area contributed by atoms with Gasteiger partial charge in [0.1, 0.15) is 23.8 Å². The molecule has 8 aromatic rings. The second-order valence-electron chi connectivity index (χ2n) is 36.0. The van der Waals surface area contributed by atoms with Crippen LogP contribution in [0.1, 0.15) is 164 Å². The van der Waals surface area contributed by atoms with Crippen LogP contribution in [-0.2, 0) is 67.7 Å². The number of anilines is 2. The van der Waals surface area contributed by atoms with Crippen LogP contribution >= 0.6 is 56.3 Å². The highest BCUT2D eigenvalue weighted by Crippen LogP contribution is 2.61. The van der Waals surface area contributed by atoms with E-state index in [1.807, 2.05) is 66.7 Å². The molecular formula is C99H112Br2F10N8O15S5Si. The highest BCUT2D eigenvalue weighted by molar-refractivity contribution is 9.10. The van der Waals surface area contributed by atoms with E-state index in [1.54, 1.807) is 53.6 Å². The number of piperazine rings is 2. The van der Waals surface area contributed by atoms with Crippen LogP contribution in [0.25, 0.3) is 6.08 Å². The van der Waals surface area contributed by atoms with Crippen LogP contribution in [0.4, 0.5) is 55.5 Å². The molecule has 9 aliphatic rings. The van der Waals surface area contributed by atoms with Crippen molar-refractivity contribution in [1.82, 2.24) is 20.2 Å². The number of rotatable bonds is 26. The fourth-order valence-corrected chi connectivity index (χ4v) is 22.6. The molecule has 9 atom stereocenters. The van der Waals surface area contributed by atoms with Crippen LogP contribution in [-0.4, -0.2) is 213 Å². The number of benzene rings is 6. The van der Waals surface area contributed by atoms with Crippen molar-refractivity contribution in [3.8, 4) is 12.1 Å². The Morgan fingerprint density at radius 1 is 0.486 bits per heavy atom. The van der Waals surface area contributed by atoms with Crippen molar-refractivity contribution in [3.63, 3.8) is 0 Å². The van der Waals surface area contributed by atoms with E-state index in [1.165, 1.54) is 112 Å². The molecule has 5 saturated carbocycles. The Bertz CT molecular complexity index is 6060. The average molecular weight is 2190 g/mol. The number of nitriles is 2. The average Bonchev–Trinajstić information content (AvgIpc) is 1.60. The van der Waals surface area contributed by atoms with E-state index in [9.17, 15) is 93.1 Å². The Labute approximate surface area is 837 Å². The Balaban J connectivity index is 0.000000184. The van der Waals surface area contributed by atoms with E-state index in [-0.39, 0.29) is 113 Å². The van der Waals surface area contributed by atoms with Gasteiger partial charge in [-0.15, -0.1) is 11.8 Å². The normalized spacial score (nSPS) is 21.3. The number of carbonyl (C=O) groups is 5. The zero-order valence-corrected chi connectivity index (χ0v) is 86.3. The van der Waals surface area contributed by atoms with Crippen molar-refractivity contribution in [3.05, 3.63) is 242 Å². The minimum atomic E-state index is -3.88. The molecule has 23 nitrogen and oxygen atoms in total. The summed E-state index contributed by atoms with van der Waals surface area (Å²) in [4.78, 5) is 71.0. The number of hydrogen-bond acceptors (Lipinski definition) is 23. The Morgan fingerprint density at radius 3 is 1.16 bits per heavy atom. The Hall–Kier alpha value is -9.72. The van der Waals surface area contributed by atoms with Crippen LogP contribution in [0.3, 0.4) is 0 Å². The number of carbonyl (C=O) groups excluding carboxylic acids is 4. The SMILES string of the molecule is C=Cc1ccccc1Br.COC(=O)CCS.COC(=O)CCS(=O)(=O)c1ccccc1C1CC1(F)F.COC(=O)CCSc1ccccc1C1CC1(F)F.C[Si](C)(C)C.FC1(F)CC1c1ccccc1Br.N#Cc1ccc(N2C3CCC2CN(C(=O)CCS(=O)(=O)c2ccccc2C2CC2(F)F)C3)nc1.N#Cc1ccc(N2C3CCC2CNC3)nc1.O=C(O)CCS(=O)(=O)c1ccccc1C1CC1(F)F. The predicted molar refractivity (Wildman–Crippen MR) is 528 cm³/mol. The van der Waals surface area contributed by atoms with Crippen LogP contribution in [0.2, 0.25) is 26.2 Å². The molecule has 756 valence electrons. The van der Waals surface area contributed by atoms with E-state index in [0.717, 1.165) is 69.6 Å². The maximum Gasteiger partial charge on any atom is 0.306 e. The number of nitrogens with one attached hydrogen (secondary N) is 1. The number of alkyl halides is 10. The number of hydrogen-bond donors (Lipinski definition) is 3. The predicted octanol–water partition coefficient (Wildman–Crippen LogP) is 20.8. The Morgan fingerprint density at radius 2 is 0.814 bits per heavy atom. The topological polar surface area (TPSA) is 331 Å². The molecule has 9 fully saturated rings. The number of thiol groups is 1. The van der Waals surface area contributed by atoms with Crippen molar-refractivity contribution >= 4 is 141 Å². The molecule has 4 saturated heterocycles. The summed E-state index contributed by atoms with van der Waals surface area (Å²) in [6.45, 7) is 16.0. The highest BCUT2D eigenvalue weighted by atomic mass is 79.9. The largest absolute Gasteiger partial charge is 0.481 e.